The lowest BCUT2D eigenvalue weighted by molar-refractivity contribution is -0.126. The maximum Gasteiger partial charge on any atom is 0.219 e. The first-order valence-corrected chi connectivity index (χ1v) is 4.67. The Labute approximate surface area is 89.1 Å². The van der Waals surface area contributed by atoms with E-state index in [1.165, 1.54) is 18.0 Å². The Bertz CT molecular complexity index is 241. The van der Waals surface area contributed by atoms with Gasteiger partial charge in [0, 0.05) is 20.0 Å². The Morgan fingerprint density at radius 2 is 2.20 bits per heavy atom. The Kier molecular flexibility index (Phi) is 6.88. The normalized spacial score (nSPS) is 11.3. The molecule has 1 N–H and O–H groups in total. The lowest BCUT2D eigenvalue weighted by atomic mass is 10.1. The third kappa shape index (κ3) is 4.95. The van der Waals surface area contributed by atoms with Gasteiger partial charge in [-0.3, -0.25) is 9.59 Å². The summed E-state index contributed by atoms with van der Waals surface area (Å²) < 4.78 is 0. The average Bonchev–Trinajstić information content (AvgIpc) is 2.27. The second-order valence-corrected chi connectivity index (χ2v) is 3.01. The minimum Gasteiger partial charge on any atom is -0.359 e. The Morgan fingerprint density at radius 1 is 1.53 bits per heavy atom. The van der Waals surface area contributed by atoms with Crippen LogP contribution < -0.4 is 5.32 Å². The van der Waals surface area contributed by atoms with Crippen LogP contribution in [-0.4, -0.2) is 43.1 Å². The van der Waals surface area contributed by atoms with E-state index in [0.29, 0.717) is 25.7 Å². The van der Waals surface area contributed by atoms with Crippen molar-refractivity contribution in [3.05, 3.63) is 12.7 Å². The van der Waals surface area contributed by atoms with Crippen molar-refractivity contribution in [2.24, 2.45) is 0 Å². The standard InChI is InChI=1S/C10H16N2O3/c1-3-6-12(8-14)9(7-13)4-5-10(15)11-2/h3,7-9H,1,4-6H2,2H3,(H,11,15). The molecule has 0 rings (SSSR count). The highest BCUT2D eigenvalue weighted by Gasteiger charge is 2.15. The number of hydrogen-bond donors (Lipinski definition) is 1. The number of rotatable bonds is 8. The second-order valence-electron chi connectivity index (χ2n) is 3.01. The third-order valence-electron chi connectivity index (χ3n) is 2.00. The maximum atomic E-state index is 10.9. The predicted octanol–water partition coefficient (Wildman–Crippen LogP) is -0.276. The summed E-state index contributed by atoms with van der Waals surface area (Å²) in [5.41, 5.74) is 0. The summed E-state index contributed by atoms with van der Waals surface area (Å²) in [6.07, 6.45) is 3.34. The van der Waals surface area contributed by atoms with Crippen LogP contribution in [0.25, 0.3) is 0 Å². The highest BCUT2D eigenvalue weighted by Crippen LogP contribution is 2.03. The number of hydrogen-bond acceptors (Lipinski definition) is 3. The van der Waals surface area contributed by atoms with E-state index in [2.05, 4.69) is 11.9 Å². The van der Waals surface area contributed by atoms with E-state index in [4.69, 9.17) is 0 Å². The smallest absolute Gasteiger partial charge is 0.219 e. The fraction of sp³-hybridized carbons (Fsp3) is 0.500. The van der Waals surface area contributed by atoms with Crippen molar-refractivity contribution in [2.75, 3.05) is 13.6 Å². The summed E-state index contributed by atoms with van der Waals surface area (Å²) in [5, 5.41) is 2.45. The molecule has 0 saturated carbocycles. The summed E-state index contributed by atoms with van der Waals surface area (Å²) in [4.78, 5) is 33.6. The molecular formula is C10H16N2O3. The van der Waals surface area contributed by atoms with Crippen LogP contribution in [0.5, 0.6) is 0 Å². The van der Waals surface area contributed by atoms with Crippen LogP contribution >= 0.6 is 0 Å². The van der Waals surface area contributed by atoms with E-state index >= 15 is 0 Å². The molecule has 1 atom stereocenters. The van der Waals surface area contributed by atoms with Crippen molar-refractivity contribution >= 4 is 18.6 Å². The van der Waals surface area contributed by atoms with Crippen molar-refractivity contribution < 1.29 is 14.4 Å². The molecule has 15 heavy (non-hydrogen) atoms. The molecule has 5 heteroatoms. The first-order chi connectivity index (χ1) is 7.19. The van der Waals surface area contributed by atoms with Gasteiger partial charge in [0.2, 0.25) is 12.3 Å². The number of nitrogens with one attached hydrogen (secondary N) is 1. The van der Waals surface area contributed by atoms with Gasteiger partial charge >= 0.3 is 0 Å². The second kappa shape index (κ2) is 7.73. The molecule has 0 heterocycles. The molecule has 5 nitrogen and oxygen atoms in total. The average molecular weight is 212 g/mol. The number of amides is 2. The van der Waals surface area contributed by atoms with Crippen molar-refractivity contribution in [3.8, 4) is 0 Å². The molecule has 84 valence electrons. The molecule has 0 aliphatic rings. The van der Waals surface area contributed by atoms with Gasteiger partial charge in [-0.1, -0.05) is 6.08 Å². The largest absolute Gasteiger partial charge is 0.359 e. The van der Waals surface area contributed by atoms with Gasteiger partial charge in [0.05, 0.1) is 6.04 Å². The molecule has 0 bridgehead atoms. The Balaban J connectivity index is 4.20. The van der Waals surface area contributed by atoms with E-state index < -0.39 is 6.04 Å². The van der Waals surface area contributed by atoms with E-state index in [1.807, 2.05) is 0 Å². The summed E-state index contributed by atoms with van der Waals surface area (Å²) in [6.45, 7) is 3.79. The SMILES string of the molecule is C=CCN(C=O)C(C=O)CCC(=O)NC. The monoisotopic (exact) mass is 212 g/mol. The zero-order chi connectivity index (χ0) is 11.7. The molecule has 0 aromatic rings. The van der Waals surface area contributed by atoms with E-state index in [1.54, 1.807) is 0 Å². The topological polar surface area (TPSA) is 66.5 Å². The van der Waals surface area contributed by atoms with Gasteiger partial charge in [-0.25, -0.2) is 0 Å². The number of carbonyl (C=O) groups excluding carboxylic acids is 3. The molecule has 0 radical (unpaired) electrons. The first kappa shape index (κ1) is 13.4. The van der Waals surface area contributed by atoms with Crippen LogP contribution in [-0.2, 0) is 14.4 Å². The highest BCUT2D eigenvalue weighted by atomic mass is 16.2. The Hall–Kier alpha value is -1.65. The molecule has 0 saturated heterocycles. The minimum atomic E-state index is -0.558. The lowest BCUT2D eigenvalue weighted by Crippen LogP contribution is -2.36. The van der Waals surface area contributed by atoms with Gasteiger partial charge in [0.15, 0.2) is 0 Å². The van der Waals surface area contributed by atoms with Gasteiger partial charge in [-0.2, -0.15) is 0 Å². The maximum absolute atomic E-state index is 10.9. The fourth-order valence-electron chi connectivity index (χ4n) is 1.12. The fourth-order valence-corrected chi connectivity index (χ4v) is 1.12. The zero-order valence-electron chi connectivity index (χ0n) is 8.81. The first-order valence-electron chi connectivity index (χ1n) is 4.67. The van der Waals surface area contributed by atoms with Crippen LogP contribution in [0.4, 0.5) is 0 Å². The van der Waals surface area contributed by atoms with Crippen molar-refractivity contribution in [2.45, 2.75) is 18.9 Å². The number of carbonyl (C=O) groups is 3. The molecule has 0 aliphatic carbocycles. The van der Waals surface area contributed by atoms with E-state index in [9.17, 15) is 14.4 Å². The molecular weight excluding hydrogens is 196 g/mol. The van der Waals surface area contributed by atoms with Gasteiger partial charge in [-0.15, -0.1) is 6.58 Å². The highest BCUT2D eigenvalue weighted by molar-refractivity contribution is 5.76. The van der Waals surface area contributed by atoms with Crippen LogP contribution in [0, 0.1) is 0 Å². The van der Waals surface area contributed by atoms with Gasteiger partial charge in [0.25, 0.3) is 0 Å². The molecule has 1 unspecified atom stereocenters. The van der Waals surface area contributed by atoms with Crippen molar-refractivity contribution in [3.63, 3.8) is 0 Å². The summed E-state index contributed by atoms with van der Waals surface area (Å²) in [6, 6.07) is -0.558. The van der Waals surface area contributed by atoms with Crippen LogP contribution in [0.3, 0.4) is 0 Å². The summed E-state index contributed by atoms with van der Waals surface area (Å²) in [7, 11) is 1.53. The number of nitrogens with zero attached hydrogens (tertiary/aromatic N) is 1. The Morgan fingerprint density at radius 3 is 2.60 bits per heavy atom. The summed E-state index contributed by atoms with van der Waals surface area (Å²) in [5.74, 6) is -0.147. The van der Waals surface area contributed by atoms with Crippen LogP contribution in [0.1, 0.15) is 12.8 Å². The molecule has 0 fully saturated rings. The van der Waals surface area contributed by atoms with Crippen molar-refractivity contribution in [1.82, 2.24) is 10.2 Å². The van der Waals surface area contributed by atoms with Gasteiger partial charge < -0.3 is 15.0 Å². The lowest BCUT2D eigenvalue weighted by Gasteiger charge is -2.21. The van der Waals surface area contributed by atoms with E-state index in [-0.39, 0.29) is 12.3 Å². The molecule has 2 amide bonds. The van der Waals surface area contributed by atoms with Crippen LogP contribution in [0.2, 0.25) is 0 Å². The molecule has 0 aliphatic heterocycles. The number of aldehydes is 1. The van der Waals surface area contributed by atoms with E-state index in [0.717, 1.165) is 0 Å². The quantitative estimate of drug-likeness (QED) is 0.444. The zero-order valence-corrected chi connectivity index (χ0v) is 8.81. The molecule has 0 spiro atoms. The summed E-state index contributed by atoms with van der Waals surface area (Å²) >= 11 is 0. The predicted molar refractivity (Wildman–Crippen MR) is 56.1 cm³/mol. The molecule has 0 aromatic heterocycles. The van der Waals surface area contributed by atoms with Gasteiger partial charge in [0.1, 0.15) is 6.29 Å². The van der Waals surface area contributed by atoms with Crippen molar-refractivity contribution in [1.29, 1.82) is 0 Å². The van der Waals surface area contributed by atoms with Crippen LogP contribution in [0.15, 0.2) is 12.7 Å². The van der Waals surface area contributed by atoms with Gasteiger partial charge in [-0.05, 0) is 6.42 Å². The third-order valence-corrected chi connectivity index (χ3v) is 2.00. The minimum absolute atomic E-state index is 0.147. The molecule has 0 aromatic carbocycles.